The second-order valence-corrected chi connectivity index (χ2v) is 6.74. The lowest BCUT2D eigenvalue weighted by molar-refractivity contribution is 0.178. The van der Waals surface area contributed by atoms with Gasteiger partial charge in [-0.1, -0.05) is 18.6 Å². The Hall–Kier alpha value is -1.11. The molecule has 1 saturated carbocycles. The first-order valence-corrected chi connectivity index (χ1v) is 7.90. The van der Waals surface area contributed by atoms with Crippen LogP contribution >= 0.6 is 0 Å². The van der Waals surface area contributed by atoms with Gasteiger partial charge in [0.2, 0.25) is 10.0 Å². The van der Waals surface area contributed by atoms with Gasteiger partial charge in [0, 0.05) is 12.6 Å². The molecule has 0 atom stereocenters. The van der Waals surface area contributed by atoms with E-state index in [1.165, 1.54) is 4.31 Å². The van der Waals surface area contributed by atoms with E-state index in [9.17, 15) is 8.42 Å². The molecule has 0 radical (unpaired) electrons. The minimum Gasteiger partial charge on any atom is -0.398 e. The molecule has 2 rings (SSSR count). The molecule has 1 aliphatic carbocycles. The van der Waals surface area contributed by atoms with Crippen molar-refractivity contribution in [1.82, 2.24) is 4.31 Å². The molecule has 6 heteroatoms. The number of nitrogen functional groups attached to an aromatic ring is 1. The maximum absolute atomic E-state index is 12.7. The zero-order valence-corrected chi connectivity index (χ0v) is 11.9. The summed E-state index contributed by atoms with van der Waals surface area (Å²) in [6.07, 6.45) is 2.74. The van der Waals surface area contributed by atoms with Gasteiger partial charge in [0.25, 0.3) is 0 Å². The number of hydrogen-bond acceptors (Lipinski definition) is 4. The van der Waals surface area contributed by atoms with Gasteiger partial charge in [-0.15, -0.1) is 0 Å². The monoisotopic (exact) mass is 284 g/mol. The van der Waals surface area contributed by atoms with Gasteiger partial charge < -0.3 is 10.8 Å². The summed E-state index contributed by atoms with van der Waals surface area (Å²) in [4.78, 5) is 0.176. The fourth-order valence-electron chi connectivity index (χ4n) is 2.42. The number of sulfonamides is 1. The first-order valence-electron chi connectivity index (χ1n) is 6.46. The highest BCUT2D eigenvalue weighted by atomic mass is 32.2. The molecular weight excluding hydrogens is 264 g/mol. The average molecular weight is 284 g/mol. The molecule has 19 heavy (non-hydrogen) atoms. The molecule has 3 N–H and O–H groups in total. The van der Waals surface area contributed by atoms with Crippen LogP contribution in [-0.4, -0.2) is 37.0 Å². The molecule has 1 aromatic carbocycles. The van der Waals surface area contributed by atoms with Crippen molar-refractivity contribution in [2.45, 2.75) is 37.1 Å². The van der Waals surface area contributed by atoms with E-state index < -0.39 is 10.0 Å². The predicted octanol–water partition coefficient (Wildman–Crippen LogP) is 1.11. The normalized spacial score (nSPS) is 16.6. The SMILES string of the molecule is Cc1cccc(N)c1S(=O)(=O)N(CCO)C1CCC1. The van der Waals surface area contributed by atoms with Crippen LogP contribution in [0.3, 0.4) is 0 Å². The van der Waals surface area contributed by atoms with Crippen LogP contribution in [0.5, 0.6) is 0 Å². The molecule has 0 aliphatic heterocycles. The van der Waals surface area contributed by atoms with E-state index in [4.69, 9.17) is 10.8 Å². The topological polar surface area (TPSA) is 83.6 Å². The Labute approximate surface area is 114 Å². The lowest BCUT2D eigenvalue weighted by Crippen LogP contribution is -2.45. The van der Waals surface area contributed by atoms with Crippen LogP contribution in [0.2, 0.25) is 0 Å². The summed E-state index contributed by atoms with van der Waals surface area (Å²) >= 11 is 0. The number of nitrogens with two attached hydrogens (primary N) is 1. The Morgan fingerprint density at radius 3 is 2.58 bits per heavy atom. The van der Waals surface area contributed by atoms with Crippen LogP contribution in [0.1, 0.15) is 24.8 Å². The van der Waals surface area contributed by atoms with Crippen LogP contribution in [0, 0.1) is 6.92 Å². The van der Waals surface area contributed by atoms with Gasteiger partial charge in [-0.05, 0) is 31.4 Å². The van der Waals surface area contributed by atoms with Crippen LogP contribution in [-0.2, 0) is 10.0 Å². The van der Waals surface area contributed by atoms with E-state index in [1.807, 2.05) is 0 Å². The molecule has 1 aliphatic rings. The van der Waals surface area contributed by atoms with Gasteiger partial charge in [0.1, 0.15) is 4.90 Å². The molecule has 1 fully saturated rings. The molecule has 0 saturated heterocycles. The smallest absolute Gasteiger partial charge is 0.245 e. The molecule has 0 unspecified atom stereocenters. The van der Waals surface area contributed by atoms with Crippen LogP contribution in [0.25, 0.3) is 0 Å². The Morgan fingerprint density at radius 2 is 2.11 bits per heavy atom. The lowest BCUT2D eigenvalue weighted by Gasteiger charge is -2.36. The van der Waals surface area contributed by atoms with Crippen molar-refractivity contribution in [3.63, 3.8) is 0 Å². The summed E-state index contributed by atoms with van der Waals surface area (Å²) in [6, 6.07) is 5.07. The number of hydrogen-bond donors (Lipinski definition) is 2. The Bertz CT molecular complexity index is 533. The van der Waals surface area contributed by atoms with E-state index in [-0.39, 0.29) is 29.8 Å². The zero-order valence-electron chi connectivity index (χ0n) is 11.0. The van der Waals surface area contributed by atoms with Gasteiger partial charge in [0.15, 0.2) is 0 Å². The van der Waals surface area contributed by atoms with Crippen LogP contribution in [0.4, 0.5) is 5.69 Å². The maximum Gasteiger partial charge on any atom is 0.245 e. The second kappa shape index (κ2) is 5.48. The first-order chi connectivity index (χ1) is 8.98. The Balaban J connectivity index is 2.44. The average Bonchev–Trinajstić information content (AvgIpc) is 2.25. The summed E-state index contributed by atoms with van der Waals surface area (Å²) in [6.45, 7) is 1.68. The summed E-state index contributed by atoms with van der Waals surface area (Å²) in [5.74, 6) is 0. The maximum atomic E-state index is 12.7. The molecule has 106 valence electrons. The summed E-state index contributed by atoms with van der Waals surface area (Å²) in [5, 5.41) is 9.12. The summed E-state index contributed by atoms with van der Waals surface area (Å²) in [7, 11) is -3.64. The van der Waals surface area contributed by atoms with Crippen molar-refractivity contribution in [1.29, 1.82) is 0 Å². The minimum atomic E-state index is -3.64. The number of nitrogens with zero attached hydrogens (tertiary/aromatic N) is 1. The lowest BCUT2D eigenvalue weighted by atomic mass is 9.93. The molecular formula is C13H20N2O3S. The van der Waals surface area contributed by atoms with Crippen molar-refractivity contribution in [3.05, 3.63) is 23.8 Å². The fraction of sp³-hybridized carbons (Fsp3) is 0.538. The molecule has 0 bridgehead atoms. The van der Waals surface area contributed by atoms with Crippen molar-refractivity contribution >= 4 is 15.7 Å². The van der Waals surface area contributed by atoms with Crippen molar-refractivity contribution in [3.8, 4) is 0 Å². The number of aryl methyl sites for hydroxylation is 1. The van der Waals surface area contributed by atoms with E-state index in [0.717, 1.165) is 19.3 Å². The van der Waals surface area contributed by atoms with Crippen molar-refractivity contribution < 1.29 is 13.5 Å². The molecule has 0 heterocycles. The van der Waals surface area contributed by atoms with Crippen LogP contribution < -0.4 is 5.73 Å². The van der Waals surface area contributed by atoms with Crippen molar-refractivity contribution in [2.75, 3.05) is 18.9 Å². The molecule has 0 amide bonds. The van der Waals surface area contributed by atoms with E-state index in [1.54, 1.807) is 25.1 Å². The second-order valence-electron chi connectivity index (χ2n) is 4.92. The van der Waals surface area contributed by atoms with Gasteiger partial charge in [-0.3, -0.25) is 0 Å². The van der Waals surface area contributed by atoms with Crippen LogP contribution in [0.15, 0.2) is 23.1 Å². The van der Waals surface area contributed by atoms with Gasteiger partial charge in [0.05, 0.1) is 12.3 Å². The number of rotatable bonds is 5. The first kappa shape index (κ1) is 14.3. The third-order valence-corrected chi connectivity index (χ3v) is 5.78. The minimum absolute atomic E-state index is 0.00356. The van der Waals surface area contributed by atoms with Gasteiger partial charge in [-0.25, -0.2) is 8.42 Å². The largest absolute Gasteiger partial charge is 0.398 e. The van der Waals surface area contributed by atoms with E-state index in [2.05, 4.69) is 0 Å². The Kier molecular flexibility index (Phi) is 4.13. The highest BCUT2D eigenvalue weighted by Crippen LogP contribution is 2.32. The predicted molar refractivity (Wildman–Crippen MR) is 74.2 cm³/mol. The van der Waals surface area contributed by atoms with E-state index in [0.29, 0.717) is 5.56 Å². The summed E-state index contributed by atoms with van der Waals surface area (Å²) < 4.78 is 26.9. The number of anilines is 1. The third kappa shape index (κ3) is 2.61. The number of aliphatic hydroxyl groups is 1. The number of benzene rings is 1. The molecule has 0 aromatic heterocycles. The zero-order chi connectivity index (χ0) is 14.0. The van der Waals surface area contributed by atoms with E-state index >= 15 is 0 Å². The standard InChI is InChI=1S/C13H20N2O3S/c1-10-4-2-7-12(14)13(10)19(17,18)15(8-9-16)11-5-3-6-11/h2,4,7,11,16H,3,5-6,8-9,14H2,1H3. The molecule has 1 aromatic rings. The fourth-order valence-corrected chi connectivity index (χ4v) is 4.42. The Morgan fingerprint density at radius 1 is 1.42 bits per heavy atom. The molecule has 0 spiro atoms. The van der Waals surface area contributed by atoms with Gasteiger partial charge >= 0.3 is 0 Å². The highest BCUT2D eigenvalue weighted by molar-refractivity contribution is 7.89. The van der Waals surface area contributed by atoms with Crippen molar-refractivity contribution in [2.24, 2.45) is 0 Å². The summed E-state index contributed by atoms with van der Waals surface area (Å²) in [5.41, 5.74) is 6.74. The van der Waals surface area contributed by atoms with Gasteiger partial charge in [-0.2, -0.15) is 4.31 Å². The highest BCUT2D eigenvalue weighted by Gasteiger charge is 2.36. The third-order valence-electron chi connectivity index (χ3n) is 3.61. The quantitative estimate of drug-likeness (QED) is 0.793. The molecule has 5 nitrogen and oxygen atoms in total. The number of aliphatic hydroxyl groups excluding tert-OH is 1.